The van der Waals surface area contributed by atoms with Crippen molar-refractivity contribution in [3.05, 3.63) is 53.6 Å². The molecule has 0 radical (unpaired) electrons. The van der Waals surface area contributed by atoms with Gasteiger partial charge >= 0.3 is 6.18 Å². The molecule has 1 aliphatic heterocycles. The minimum Gasteiger partial charge on any atom is -0.492 e. The van der Waals surface area contributed by atoms with Crippen LogP contribution in [0.2, 0.25) is 0 Å². The number of nitrogen functional groups attached to an aromatic ring is 2. The lowest BCUT2D eigenvalue weighted by atomic mass is 9.96. The van der Waals surface area contributed by atoms with Crippen LogP contribution in [0.1, 0.15) is 24.0 Å². The number of anilines is 2. The van der Waals surface area contributed by atoms with Gasteiger partial charge in [0.25, 0.3) is 0 Å². The number of alkyl halides is 3. The highest BCUT2D eigenvalue weighted by molar-refractivity contribution is 5.94. The summed E-state index contributed by atoms with van der Waals surface area (Å²) in [6.07, 6.45) is -2.65. The Bertz CT molecular complexity index is 1060. The fraction of sp³-hybridized carbons (Fsp3) is 0.364. The van der Waals surface area contributed by atoms with Crippen LogP contribution in [0.5, 0.6) is 5.75 Å². The van der Waals surface area contributed by atoms with Gasteiger partial charge in [0.2, 0.25) is 5.95 Å². The van der Waals surface area contributed by atoms with Crippen LogP contribution in [-0.2, 0) is 12.7 Å². The normalized spacial score (nSPS) is 16.0. The summed E-state index contributed by atoms with van der Waals surface area (Å²) in [6, 6.07) is 11.2. The van der Waals surface area contributed by atoms with E-state index in [2.05, 4.69) is 14.9 Å². The molecule has 0 aliphatic carbocycles. The van der Waals surface area contributed by atoms with E-state index in [0.717, 1.165) is 32.0 Å². The topological polar surface area (TPSA) is 90.3 Å². The van der Waals surface area contributed by atoms with Crippen molar-refractivity contribution in [2.45, 2.75) is 25.6 Å². The van der Waals surface area contributed by atoms with Crippen LogP contribution in [0, 0.1) is 5.92 Å². The van der Waals surface area contributed by atoms with Gasteiger partial charge in [-0.1, -0.05) is 24.3 Å². The molecule has 0 atom stereocenters. The van der Waals surface area contributed by atoms with Gasteiger partial charge < -0.3 is 16.2 Å². The highest BCUT2D eigenvalue weighted by Gasteiger charge is 2.33. The number of rotatable bonds is 5. The number of hydrogen-bond donors (Lipinski definition) is 2. The molecule has 0 unspecified atom stereocenters. The van der Waals surface area contributed by atoms with Crippen molar-refractivity contribution in [2.75, 3.05) is 31.2 Å². The fourth-order valence-corrected chi connectivity index (χ4v) is 4.01. The smallest absolute Gasteiger partial charge is 0.416 e. The molecule has 31 heavy (non-hydrogen) atoms. The number of nitrogens with two attached hydrogens (primary N) is 2. The lowest BCUT2D eigenvalue weighted by molar-refractivity contribution is -0.138. The number of nitrogens with zero attached hydrogens (tertiary/aromatic N) is 3. The lowest BCUT2D eigenvalue weighted by Crippen LogP contribution is -2.35. The summed E-state index contributed by atoms with van der Waals surface area (Å²) in [5.74, 6) is 1.30. The number of fused-ring (bicyclic) bond motifs is 1. The first-order valence-electron chi connectivity index (χ1n) is 10.1. The van der Waals surface area contributed by atoms with Gasteiger partial charge in [0, 0.05) is 6.54 Å². The van der Waals surface area contributed by atoms with E-state index < -0.39 is 11.7 Å². The Morgan fingerprint density at radius 3 is 2.48 bits per heavy atom. The largest absolute Gasteiger partial charge is 0.492 e. The summed E-state index contributed by atoms with van der Waals surface area (Å²) in [5.41, 5.74) is 12.0. The monoisotopic (exact) mass is 431 g/mol. The van der Waals surface area contributed by atoms with Crippen LogP contribution < -0.4 is 16.2 Å². The van der Waals surface area contributed by atoms with Crippen molar-refractivity contribution in [3.63, 3.8) is 0 Å². The van der Waals surface area contributed by atoms with Crippen molar-refractivity contribution >= 4 is 22.7 Å². The molecule has 6 nitrogen and oxygen atoms in total. The van der Waals surface area contributed by atoms with Crippen LogP contribution in [-0.4, -0.2) is 34.6 Å². The molecule has 1 aliphatic rings. The SMILES string of the molecule is Nc1nc(N)c2c(OCC3CCN(Cc4ccccc4C(F)(F)F)CC3)cccc2n1. The first-order valence-corrected chi connectivity index (χ1v) is 10.1. The van der Waals surface area contributed by atoms with Gasteiger partial charge in [-0.05, 0) is 55.6 Å². The maximum Gasteiger partial charge on any atom is 0.416 e. The molecule has 2 heterocycles. The molecule has 0 spiro atoms. The first kappa shape index (κ1) is 21.2. The maximum absolute atomic E-state index is 13.2. The zero-order valence-electron chi connectivity index (χ0n) is 16.9. The van der Waals surface area contributed by atoms with E-state index in [4.69, 9.17) is 16.2 Å². The number of aromatic nitrogens is 2. The van der Waals surface area contributed by atoms with Gasteiger partial charge in [-0.3, -0.25) is 4.90 Å². The Balaban J connectivity index is 1.35. The third-order valence-electron chi connectivity index (χ3n) is 5.63. The quantitative estimate of drug-likeness (QED) is 0.632. The Hall–Kier alpha value is -3.07. The molecule has 3 aromatic rings. The Morgan fingerprint density at radius 2 is 1.74 bits per heavy atom. The summed E-state index contributed by atoms with van der Waals surface area (Å²) >= 11 is 0. The molecule has 4 N–H and O–H groups in total. The zero-order chi connectivity index (χ0) is 22.0. The van der Waals surface area contributed by atoms with Crippen molar-refractivity contribution in [1.82, 2.24) is 14.9 Å². The summed E-state index contributed by atoms with van der Waals surface area (Å²) in [5, 5.41) is 0.637. The number of ether oxygens (including phenoxy) is 1. The second-order valence-corrected chi connectivity index (χ2v) is 7.80. The van der Waals surface area contributed by atoms with Crippen molar-refractivity contribution in [2.24, 2.45) is 5.92 Å². The predicted octanol–water partition coefficient (Wildman–Crippen LogP) is 4.10. The Kier molecular flexibility index (Phi) is 5.86. The van der Waals surface area contributed by atoms with Crippen LogP contribution in [0.15, 0.2) is 42.5 Å². The Morgan fingerprint density at radius 1 is 1.00 bits per heavy atom. The van der Waals surface area contributed by atoms with Gasteiger partial charge in [-0.2, -0.15) is 18.2 Å². The standard InChI is InChI=1S/C22H24F3N5O/c23-22(24,25)16-5-2-1-4-15(16)12-30-10-8-14(9-11-30)13-31-18-7-3-6-17-19(18)20(26)29-21(27)28-17/h1-7,14H,8-13H2,(H4,26,27,28,29). The van der Waals surface area contributed by atoms with Gasteiger partial charge in [-0.25, -0.2) is 4.98 Å². The van der Waals surface area contributed by atoms with Crippen LogP contribution in [0.4, 0.5) is 24.9 Å². The van der Waals surface area contributed by atoms with E-state index in [1.807, 2.05) is 12.1 Å². The minimum atomic E-state index is -4.34. The Labute approximate surface area is 178 Å². The highest BCUT2D eigenvalue weighted by atomic mass is 19.4. The molecule has 1 aromatic heterocycles. The van der Waals surface area contributed by atoms with Crippen LogP contribution in [0.3, 0.4) is 0 Å². The number of likely N-dealkylation sites (tertiary alicyclic amines) is 1. The lowest BCUT2D eigenvalue weighted by Gasteiger charge is -2.32. The molecule has 9 heteroatoms. The third kappa shape index (κ3) is 4.82. The number of piperidine rings is 1. The minimum absolute atomic E-state index is 0.113. The number of halogens is 3. The average Bonchev–Trinajstić information content (AvgIpc) is 2.72. The number of benzene rings is 2. The molecule has 1 saturated heterocycles. The van der Waals surface area contributed by atoms with Crippen molar-refractivity contribution in [3.8, 4) is 5.75 Å². The van der Waals surface area contributed by atoms with Gasteiger partial charge in [-0.15, -0.1) is 0 Å². The second kappa shape index (κ2) is 8.58. The van der Waals surface area contributed by atoms with Gasteiger partial charge in [0.15, 0.2) is 0 Å². The molecular weight excluding hydrogens is 407 g/mol. The summed E-state index contributed by atoms with van der Waals surface area (Å²) in [7, 11) is 0. The molecule has 4 rings (SSSR count). The number of hydrogen-bond acceptors (Lipinski definition) is 6. The van der Waals surface area contributed by atoms with Crippen LogP contribution >= 0.6 is 0 Å². The molecule has 0 saturated carbocycles. The zero-order valence-corrected chi connectivity index (χ0v) is 16.9. The van der Waals surface area contributed by atoms with E-state index in [-0.39, 0.29) is 11.8 Å². The van der Waals surface area contributed by atoms with Crippen LogP contribution in [0.25, 0.3) is 10.9 Å². The van der Waals surface area contributed by atoms with E-state index in [9.17, 15) is 13.2 Å². The summed E-state index contributed by atoms with van der Waals surface area (Å²) in [4.78, 5) is 10.3. The molecule has 164 valence electrons. The van der Waals surface area contributed by atoms with E-state index in [0.29, 0.717) is 41.3 Å². The van der Waals surface area contributed by atoms with E-state index in [1.165, 1.54) is 6.07 Å². The molecular formula is C22H24F3N5O. The fourth-order valence-electron chi connectivity index (χ4n) is 4.01. The van der Waals surface area contributed by atoms with E-state index >= 15 is 0 Å². The summed E-state index contributed by atoms with van der Waals surface area (Å²) < 4.78 is 45.7. The van der Waals surface area contributed by atoms with E-state index in [1.54, 1.807) is 18.2 Å². The second-order valence-electron chi connectivity index (χ2n) is 7.80. The van der Waals surface area contributed by atoms with Crippen molar-refractivity contribution < 1.29 is 17.9 Å². The van der Waals surface area contributed by atoms with Gasteiger partial charge in [0.1, 0.15) is 11.6 Å². The molecule has 2 aromatic carbocycles. The van der Waals surface area contributed by atoms with Gasteiger partial charge in [0.05, 0.1) is 23.1 Å². The molecule has 0 bridgehead atoms. The predicted molar refractivity (Wildman–Crippen MR) is 113 cm³/mol. The third-order valence-corrected chi connectivity index (χ3v) is 5.63. The van der Waals surface area contributed by atoms with Crippen molar-refractivity contribution in [1.29, 1.82) is 0 Å². The highest BCUT2D eigenvalue weighted by Crippen LogP contribution is 2.33. The first-order chi connectivity index (χ1) is 14.8. The summed E-state index contributed by atoms with van der Waals surface area (Å²) in [6.45, 7) is 2.23. The maximum atomic E-state index is 13.2. The molecule has 1 fully saturated rings. The average molecular weight is 431 g/mol. The molecule has 0 amide bonds.